The van der Waals surface area contributed by atoms with E-state index in [1.807, 2.05) is 30.3 Å². The van der Waals surface area contributed by atoms with Crippen molar-refractivity contribution in [2.24, 2.45) is 4.99 Å². The third-order valence-electron chi connectivity index (χ3n) is 4.83. The zero-order chi connectivity index (χ0) is 20.5. The molecule has 4 rings (SSSR count). The second-order valence-corrected chi connectivity index (χ2v) is 6.81. The lowest BCUT2D eigenvalue weighted by Crippen LogP contribution is -2.20. The monoisotopic (exact) mass is 392 g/mol. The maximum Gasteiger partial charge on any atom is 0.348 e. The predicted octanol–water partition coefficient (Wildman–Crippen LogP) is 4.05. The van der Waals surface area contributed by atoms with Crippen molar-refractivity contribution in [3.8, 4) is 17.2 Å². The van der Waals surface area contributed by atoms with E-state index in [1.165, 1.54) is 13.2 Å². The second kappa shape index (κ2) is 7.35. The Morgan fingerprint density at radius 1 is 1.14 bits per heavy atom. The van der Waals surface area contributed by atoms with Crippen molar-refractivity contribution >= 4 is 17.1 Å². The molecule has 29 heavy (non-hydrogen) atoms. The maximum atomic E-state index is 12.5. The number of aryl methyl sites for hydroxylation is 1. The standard InChI is InChI=1S/C22H20N2O5/c1-12-9-19(26)21(22(27)29-12)17-11-16(13-7-8-20(28-2)18(25)10-13)23-14-5-3-4-6-15(14)24-17/h3-10,16,23,25-26H,11H2,1-2H3/t16-/m1/s1. The topological polar surface area (TPSA) is 104 Å². The van der Waals surface area contributed by atoms with Crippen LogP contribution in [0.3, 0.4) is 0 Å². The van der Waals surface area contributed by atoms with Crippen LogP contribution in [-0.4, -0.2) is 23.0 Å². The molecule has 2 aromatic carbocycles. The van der Waals surface area contributed by atoms with Gasteiger partial charge in [-0.3, -0.25) is 4.99 Å². The molecule has 1 aliphatic heterocycles. The van der Waals surface area contributed by atoms with Crippen LogP contribution >= 0.6 is 0 Å². The average molecular weight is 392 g/mol. The average Bonchev–Trinajstić information content (AvgIpc) is 2.86. The molecular weight excluding hydrogens is 372 g/mol. The van der Waals surface area contributed by atoms with Gasteiger partial charge in [0.15, 0.2) is 11.5 Å². The van der Waals surface area contributed by atoms with E-state index in [1.54, 1.807) is 19.1 Å². The summed E-state index contributed by atoms with van der Waals surface area (Å²) in [4.78, 5) is 17.1. The normalized spacial score (nSPS) is 15.7. The van der Waals surface area contributed by atoms with Crippen molar-refractivity contribution < 1.29 is 19.4 Å². The van der Waals surface area contributed by atoms with Crippen molar-refractivity contribution in [1.82, 2.24) is 0 Å². The van der Waals surface area contributed by atoms with Gasteiger partial charge in [-0.25, -0.2) is 4.79 Å². The summed E-state index contributed by atoms with van der Waals surface area (Å²) >= 11 is 0. The maximum absolute atomic E-state index is 12.5. The first-order valence-corrected chi connectivity index (χ1v) is 9.10. The van der Waals surface area contributed by atoms with Crippen molar-refractivity contribution in [3.63, 3.8) is 0 Å². The van der Waals surface area contributed by atoms with Gasteiger partial charge < -0.3 is 24.7 Å². The van der Waals surface area contributed by atoms with Crippen LogP contribution in [0.15, 0.2) is 62.7 Å². The number of nitrogens with zero attached hydrogens (tertiary/aromatic N) is 1. The molecule has 7 heteroatoms. The number of benzene rings is 2. The van der Waals surface area contributed by atoms with Gasteiger partial charge in [-0.2, -0.15) is 0 Å². The number of ether oxygens (including phenoxy) is 1. The molecule has 0 saturated heterocycles. The van der Waals surface area contributed by atoms with Gasteiger partial charge in [-0.05, 0) is 36.8 Å². The molecule has 0 bridgehead atoms. The smallest absolute Gasteiger partial charge is 0.348 e. The van der Waals surface area contributed by atoms with E-state index in [4.69, 9.17) is 9.15 Å². The molecule has 0 unspecified atom stereocenters. The first-order valence-electron chi connectivity index (χ1n) is 9.10. The van der Waals surface area contributed by atoms with Crippen LogP contribution in [0.25, 0.3) is 0 Å². The van der Waals surface area contributed by atoms with Crippen molar-refractivity contribution in [1.29, 1.82) is 0 Å². The van der Waals surface area contributed by atoms with Crippen molar-refractivity contribution in [3.05, 3.63) is 75.8 Å². The number of phenols is 1. The van der Waals surface area contributed by atoms with Crippen LogP contribution in [0.1, 0.15) is 29.3 Å². The Balaban J connectivity index is 1.85. The molecule has 0 spiro atoms. The Morgan fingerprint density at radius 2 is 1.93 bits per heavy atom. The zero-order valence-electron chi connectivity index (χ0n) is 16.0. The van der Waals surface area contributed by atoms with Gasteiger partial charge in [-0.15, -0.1) is 0 Å². The molecule has 0 amide bonds. The molecule has 0 saturated carbocycles. The second-order valence-electron chi connectivity index (χ2n) is 6.81. The minimum absolute atomic E-state index is 0.0144. The summed E-state index contributed by atoms with van der Waals surface area (Å²) < 4.78 is 10.3. The molecule has 3 N–H and O–H groups in total. The van der Waals surface area contributed by atoms with Crippen LogP contribution < -0.4 is 15.7 Å². The van der Waals surface area contributed by atoms with Gasteiger partial charge in [0.05, 0.1) is 30.2 Å². The number of para-hydroxylation sites is 2. The van der Waals surface area contributed by atoms with Crippen LogP contribution in [0.5, 0.6) is 17.2 Å². The number of rotatable bonds is 3. The highest BCUT2D eigenvalue weighted by Crippen LogP contribution is 2.38. The lowest BCUT2D eigenvalue weighted by atomic mass is 9.97. The van der Waals surface area contributed by atoms with Gasteiger partial charge in [0.1, 0.15) is 17.1 Å². The summed E-state index contributed by atoms with van der Waals surface area (Å²) in [7, 11) is 1.49. The lowest BCUT2D eigenvalue weighted by molar-refractivity contribution is 0.373. The van der Waals surface area contributed by atoms with Crippen LogP contribution in [-0.2, 0) is 0 Å². The zero-order valence-corrected chi connectivity index (χ0v) is 16.0. The molecule has 1 aliphatic rings. The van der Waals surface area contributed by atoms with Gasteiger partial charge in [0, 0.05) is 12.5 Å². The summed E-state index contributed by atoms with van der Waals surface area (Å²) in [6, 6.07) is 13.6. The molecule has 3 aromatic rings. The largest absolute Gasteiger partial charge is 0.507 e. The highest BCUT2D eigenvalue weighted by Gasteiger charge is 2.25. The van der Waals surface area contributed by atoms with E-state index in [-0.39, 0.29) is 23.1 Å². The highest BCUT2D eigenvalue weighted by atomic mass is 16.5. The van der Waals surface area contributed by atoms with Crippen LogP contribution in [0, 0.1) is 6.92 Å². The van der Waals surface area contributed by atoms with Gasteiger partial charge >= 0.3 is 5.63 Å². The predicted molar refractivity (Wildman–Crippen MR) is 110 cm³/mol. The Bertz CT molecular complexity index is 1170. The number of aliphatic imine (C=N–C) groups is 1. The lowest BCUT2D eigenvalue weighted by Gasteiger charge is -2.20. The van der Waals surface area contributed by atoms with E-state index in [0.29, 0.717) is 29.3 Å². The molecule has 0 aliphatic carbocycles. The number of hydrogen-bond acceptors (Lipinski definition) is 7. The number of hydrogen-bond donors (Lipinski definition) is 3. The molecule has 1 aromatic heterocycles. The van der Waals surface area contributed by atoms with Gasteiger partial charge in [0.25, 0.3) is 0 Å². The first-order chi connectivity index (χ1) is 14.0. The summed E-state index contributed by atoms with van der Waals surface area (Å²) in [5, 5.41) is 24.0. The SMILES string of the molecule is COc1ccc([C@H]2CC(c3c(O)cc(C)oc3=O)=Nc3ccccc3N2)cc1O. The molecule has 0 radical (unpaired) electrons. The number of anilines is 1. The fourth-order valence-corrected chi connectivity index (χ4v) is 3.46. The molecule has 0 fully saturated rings. The van der Waals surface area contributed by atoms with E-state index in [2.05, 4.69) is 10.3 Å². The fraction of sp³-hybridized carbons (Fsp3) is 0.182. The highest BCUT2D eigenvalue weighted by molar-refractivity contribution is 6.05. The molecule has 1 atom stereocenters. The minimum Gasteiger partial charge on any atom is -0.507 e. The van der Waals surface area contributed by atoms with E-state index in [9.17, 15) is 15.0 Å². The summed E-state index contributed by atoms with van der Waals surface area (Å²) in [5.41, 5.74) is 1.99. The van der Waals surface area contributed by atoms with E-state index >= 15 is 0 Å². The van der Waals surface area contributed by atoms with Gasteiger partial charge in [-0.1, -0.05) is 18.2 Å². The van der Waals surface area contributed by atoms with Crippen molar-refractivity contribution in [2.45, 2.75) is 19.4 Å². The van der Waals surface area contributed by atoms with E-state index in [0.717, 1.165) is 11.3 Å². The number of fused-ring (bicyclic) bond motifs is 1. The number of methoxy groups -OCH3 is 1. The Morgan fingerprint density at radius 3 is 2.66 bits per heavy atom. The number of nitrogens with one attached hydrogen (secondary N) is 1. The Hall–Kier alpha value is -3.74. The quantitative estimate of drug-likeness (QED) is 0.621. The fourth-order valence-electron chi connectivity index (χ4n) is 3.46. The van der Waals surface area contributed by atoms with Crippen molar-refractivity contribution in [2.75, 3.05) is 12.4 Å². The Kier molecular flexibility index (Phi) is 4.72. The summed E-state index contributed by atoms with van der Waals surface area (Å²) in [6.45, 7) is 1.60. The molecular formula is C22H20N2O5. The number of phenolic OH excluding ortho intramolecular Hbond substituents is 1. The third kappa shape index (κ3) is 3.54. The van der Waals surface area contributed by atoms with Gasteiger partial charge in [0.2, 0.25) is 0 Å². The third-order valence-corrected chi connectivity index (χ3v) is 4.83. The van der Waals surface area contributed by atoms with E-state index < -0.39 is 5.63 Å². The van der Waals surface area contributed by atoms with Crippen LogP contribution in [0.4, 0.5) is 11.4 Å². The molecule has 7 nitrogen and oxygen atoms in total. The molecule has 2 heterocycles. The Labute approximate surface area is 166 Å². The first kappa shape index (κ1) is 18.6. The summed E-state index contributed by atoms with van der Waals surface area (Å²) in [6.07, 6.45) is 0.293. The van der Waals surface area contributed by atoms with Crippen LogP contribution in [0.2, 0.25) is 0 Å². The number of aromatic hydroxyl groups is 2. The summed E-state index contributed by atoms with van der Waals surface area (Å²) in [5.74, 6) is 0.530. The minimum atomic E-state index is -0.642. The molecule has 148 valence electrons.